The molecular weight excluding hydrogens is 268 g/mol. The summed E-state index contributed by atoms with van der Waals surface area (Å²) in [6.45, 7) is 6.98. The normalized spacial score (nSPS) is 13.0. The fourth-order valence-corrected chi connectivity index (χ4v) is 1.96. The van der Waals surface area contributed by atoms with E-state index in [0.29, 0.717) is 11.4 Å². The molecule has 0 fully saturated rings. The Balaban J connectivity index is 2.24. The molecule has 2 heterocycles. The van der Waals surface area contributed by atoms with E-state index in [1.807, 2.05) is 34.9 Å². The van der Waals surface area contributed by atoms with E-state index in [1.54, 1.807) is 33.8 Å². The van der Waals surface area contributed by atoms with Crippen molar-refractivity contribution >= 4 is 17.4 Å². The van der Waals surface area contributed by atoms with Crippen LogP contribution in [0.3, 0.4) is 0 Å². The number of ether oxygens (including phenoxy) is 1. The molecule has 21 heavy (non-hydrogen) atoms. The molecule has 0 unspecified atom stereocenters. The van der Waals surface area contributed by atoms with Crippen molar-refractivity contribution in [2.45, 2.75) is 33.3 Å². The minimum absolute atomic E-state index is 0.00654. The van der Waals surface area contributed by atoms with E-state index in [-0.39, 0.29) is 5.76 Å². The highest BCUT2D eigenvalue weighted by atomic mass is 16.6. The van der Waals surface area contributed by atoms with Crippen LogP contribution in [-0.2, 0) is 4.74 Å². The number of rotatable bonds is 2. The number of nitrogens with zero attached hydrogens (tertiary/aromatic N) is 1. The number of allylic oxidation sites excluding steroid dienone is 1. The summed E-state index contributed by atoms with van der Waals surface area (Å²) < 4.78 is 7.00. The maximum absolute atomic E-state index is 11.7. The minimum atomic E-state index is -0.590. The van der Waals surface area contributed by atoms with Crippen LogP contribution in [0.2, 0.25) is 0 Å². The quantitative estimate of drug-likeness (QED) is 0.828. The third-order valence-electron chi connectivity index (χ3n) is 2.85. The first-order valence-corrected chi connectivity index (χ1v) is 6.74. The molecule has 0 bridgehead atoms. The van der Waals surface area contributed by atoms with Gasteiger partial charge >= 0.3 is 6.09 Å². The van der Waals surface area contributed by atoms with Crippen LogP contribution in [0.15, 0.2) is 42.2 Å². The molecule has 0 aliphatic heterocycles. The minimum Gasteiger partial charge on any atom is -0.504 e. The molecule has 2 aromatic rings. The van der Waals surface area contributed by atoms with Crippen LogP contribution in [0.4, 0.5) is 4.79 Å². The van der Waals surface area contributed by atoms with Gasteiger partial charge in [-0.25, -0.2) is 4.79 Å². The second-order valence-electron chi connectivity index (χ2n) is 5.81. The molecule has 0 radical (unpaired) electrons. The van der Waals surface area contributed by atoms with Crippen LogP contribution in [0.25, 0.3) is 11.3 Å². The summed E-state index contributed by atoms with van der Waals surface area (Å²) >= 11 is 0. The average Bonchev–Trinajstić information content (AvgIpc) is 2.79. The molecule has 112 valence electrons. The Kier molecular flexibility index (Phi) is 3.93. The van der Waals surface area contributed by atoms with Crippen LogP contribution >= 0.6 is 0 Å². The van der Waals surface area contributed by atoms with Crippen molar-refractivity contribution in [1.29, 1.82) is 0 Å². The average molecular weight is 288 g/mol. The SMILES string of the molecule is C/C(NC(=O)OC(C)(C)C)=C(/O)c1ccc2ccccn12. The van der Waals surface area contributed by atoms with E-state index in [4.69, 9.17) is 4.74 Å². The number of fused-ring (bicyclic) bond motifs is 1. The third kappa shape index (κ3) is 3.56. The van der Waals surface area contributed by atoms with Gasteiger partial charge in [0.15, 0.2) is 5.76 Å². The molecule has 0 atom stereocenters. The summed E-state index contributed by atoms with van der Waals surface area (Å²) in [5.74, 6) is 0.00654. The third-order valence-corrected chi connectivity index (χ3v) is 2.85. The van der Waals surface area contributed by atoms with Gasteiger partial charge in [0.2, 0.25) is 0 Å². The molecule has 0 saturated heterocycles. The Labute approximate surface area is 123 Å². The van der Waals surface area contributed by atoms with Crippen LogP contribution in [0.1, 0.15) is 33.4 Å². The smallest absolute Gasteiger partial charge is 0.411 e. The lowest BCUT2D eigenvalue weighted by atomic mass is 10.2. The zero-order valence-corrected chi connectivity index (χ0v) is 12.7. The Morgan fingerprint density at radius 3 is 2.62 bits per heavy atom. The molecule has 0 aliphatic carbocycles. The topological polar surface area (TPSA) is 63.0 Å². The van der Waals surface area contributed by atoms with E-state index in [9.17, 15) is 9.90 Å². The number of pyridine rings is 1. The van der Waals surface area contributed by atoms with Gasteiger partial charge in [-0.1, -0.05) is 6.07 Å². The fourth-order valence-electron chi connectivity index (χ4n) is 1.96. The predicted octanol–water partition coefficient (Wildman–Crippen LogP) is 3.71. The molecule has 2 aromatic heterocycles. The fraction of sp³-hybridized carbons (Fsp3) is 0.312. The van der Waals surface area contributed by atoms with Crippen molar-refractivity contribution < 1.29 is 14.6 Å². The van der Waals surface area contributed by atoms with Crippen molar-refractivity contribution in [2.24, 2.45) is 0 Å². The molecule has 5 heteroatoms. The number of hydrogen-bond donors (Lipinski definition) is 2. The van der Waals surface area contributed by atoms with Crippen molar-refractivity contribution in [2.75, 3.05) is 0 Å². The second kappa shape index (κ2) is 5.52. The van der Waals surface area contributed by atoms with E-state index in [2.05, 4.69) is 5.32 Å². The van der Waals surface area contributed by atoms with Crippen LogP contribution < -0.4 is 5.32 Å². The van der Waals surface area contributed by atoms with Gasteiger partial charge in [-0.3, -0.25) is 5.32 Å². The Morgan fingerprint density at radius 2 is 1.95 bits per heavy atom. The number of carbonyl (C=O) groups is 1. The summed E-state index contributed by atoms with van der Waals surface area (Å²) in [7, 11) is 0. The number of nitrogens with one attached hydrogen (secondary N) is 1. The lowest BCUT2D eigenvalue weighted by molar-refractivity contribution is 0.0545. The Hall–Kier alpha value is -2.43. The summed E-state index contributed by atoms with van der Waals surface area (Å²) in [6, 6.07) is 9.43. The van der Waals surface area contributed by atoms with Crippen LogP contribution in [0.5, 0.6) is 0 Å². The van der Waals surface area contributed by atoms with Crippen LogP contribution in [-0.4, -0.2) is 21.2 Å². The maximum atomic E-state index is 11.7. The molecule has 2 rings (SSSR count). The molecular formula is C16H20N2O3. The lowest BCUT2D eigenvalue weighted by Gasteiger charge is -2.20. The highest BCUT2D eigenvalue weighted by Gasteiger charge is 2.17. The Morgan fingerprint density at radius 1 is 1.24 bits per heavy atom. The molecule has 2 N–H and O–H groups in total. The summed E-state index contributed by atoms with van der Waals surface area (Å²) in [5, 5.41) is 12.9. The first-order valence-electron chi connectivity index (χ1n) is 6.74. The van der Waals surface area contributed by atoms with Crippen molar-refractivity contribution in [3.05, 3.63) is 47.9 Å². The molecule has 1 amide bonds. The van der Waals surface area contributed by atoms with E-state index < -0.39 is 11.7 Å². The molecule has 5 nitrogen and oxygen atoms in total. The maximum Gasteiger partial charge on any atom is 0.411 e. The van der Waals surface area contributed by atoms with Crippen molar-refractivity contribution in [1.82, 2.24) is 9.72 Å². The first kappa shape index (κ1) is 15.0. The van der Waals surface area contributed by atoms with E-state index in [0.717, 1.165) is 5.52 Å². The summed E-state index contributed by atoms with van der Waals surface area (Å²) in [6.07, 6.45) is 1.26. The first-order chi connectivity index (χ1) is 9.78. The zero-order chi connectivity index (χ0) is 15.6. The zero-order valence-electron chi connectivity index (χ0n) is 12.7. The van der Waals surface area contributed by atoms with Crippen molar-refractivity contribution in [3.8, 4) is 0 Å². The van der Waals surface area contributed by atoms with Crippen LogP contribution in [0, 0.1) is 0 Å². The van der Waals surface area contributed by atoms with Gasteiger partial charge in [-0.2, -0.15) is 0 Å². The van der Waals surface area contributed by atoms with Gasteiger partial charge in [0.25, 0.3) is 0 Å². The highest BCUT2D eigenvalue weighted by Crippen LogP contribution is 2.19. The summed E-state index contributed by atoms with van der Waals surface area (Å²) in [5.41, 5.74) is 1.33. The highest BCUT2D eigenvalue weighted by molar-refractivity contribution is 5.74. The van der Waals surface area contributed by atoms with E-state index in [1.165, 1.54) is 0 Å². The van der Waals surface area contributed by atoms with Crippen molar-refractivity contribution in [3.63, 3.8) is 0 Å². The molecule has 0 saturated carbocycles. The monoisotopic (exact) mass is 288 g/mol. The van der Waals surface area contributed by atoms with Gasteiger partial charge in [0.05, 0.1) is 11.4 Å². The lowest BCUT2D eigenvalue weighted by Crippen LogP contribution is -2.31. The van der Waals surface area contributed by atoms with E-state index >= 15 is 0 Å². The standard InChI is InChI=1S/C16H20N2O3/c1-11(17-15(20)21-16(2,3)4)14(19)13-9-8-12-7-5-6-10-18(12)13/h5-10,19H,1-4H3,(H,17,20)/b14-11-. The molecule has 0 aliphatic rings. The van der Waals surface area contributed by atoms with Gasteiger partial charge in [-0.15, -0.1) is 0 Å². The number of alkyl carbamates (subject to hydrolysis) is 1. The van der Waals surface area contributed by atoms with Gasteiger partial charge < -0.3 is 14.2 Å². The summed E-state index contributed by atoms with van der Waals surface area (Å²) in [4.78, 5) is 11.7. The molecule has 0 spiro atoms. The van der Waals surface area contributed by atoms with Gasteiger partial charge in [0, 0.05) is 11.7 Å². The Bertz CT molecular complexity index is 693. The molecule has 0 aromatic carbocycles. The number of hydrogen-bond acceptors (Lipinski definition) is 3. The number of carbonyl (C=O) groups excluding carboxylic acids is 1. The number of aliphatic hydroxyl groups is 1. The second-order valence-corrected chi connectivity index (χ2v) is 5.81. The van der Waals surface area contributed by atoms with Gasteiger partial charge in [-0.05, 0) is 52.0 Å². The largest absolute Gasteiger partial charge is 0.504 e. The van der Waals surface area contributed by atoms with Gasteiger partial charge in [0.1, 0.15) is 5.60 Å². The predicted molar refractivity (Wildman–Crippen MR) is 82.0 cm³/mol. The number of amides is 1. The number of aliphatic hydroxyl groups excluding tert-OH is 1. The number of aromatic nitrogens is 1.